The van der Waals surface area contributed by atoms with Gasteiger partial charge in [0.05, 0.1) is 6.04 Å². The molecule has 0 aromatic rings. The maximum atomic E-state index is 11.8. The van der Waals surface area contributed by atoms with Gasteiger partial charge in [0.2, 0.25) is 5.91 Å². The van der Waals surface area contributed by atoms with Crippen molar-refractivity contribution in [3.63, 3.8) is 0 Å². The fourth-order valence-electron chi connectivity index (χ4n) is 2.62. The average Bonchev–Trinajstić information content (AvgIpc) is 2.53. The summed E-state index contributed by atoms with van der Waals surface area (Å²) in [5.41, 5.74) is 5.98. The number of piperidine rings is 1. The van der Waals surface area contributed by atoms with Gasteiger partial charge in [-0.25, -0.2) is 0 Å². The van der Waals surface area contributed by atoms with Crippen molar-refractivity contribution in [2.75, 3.05) is 26.7 Å². The number of hydrogen-bond donors (Lipinski definition) is 1. The molecule has 2 fully saturated rings. The van der Waals surface area contributed by atoms with Crippen molar-refractivity contribution in [3.8, 4) is 0 Å². The summed E-state index contributed by atoms with van der Waals surface area (Å²) in [7, 11) is 1.89. The highest BCUT2D eigenvalue weighted by Gasteiger charge is 2.36. The standard InChI is InChI=1S/C11H21N3O/c1-8-7-14(6-3-9(8)12)10-4-5-13(2)11(10)15/h8-10H,3-7,12H2,1-2H3. The van der Waals surface area contributed by atoms with Gasteiger partial charge in [0.1, 0.15) is 0 Å². The van der Waals surface area contributed by atoms with Gasteiger partial charge in [0.25, 0.3) is 0 Å². The molecule has 0 radical (unpaired) electrons. The van der Waals surface area contributed by atoms with Crippen LogP contribution in [0.4, 0.5) is 0 Å². The van der Waals surface area contributed by atoms with Crippen molar-refractivity contribution in [1.82, 2.24) is 9.80 Å². The quantitative estimate of drug-likeness (QED) is 0.658. The first kappa shape index (κ1) is 10.9. The second-order valence-corrected chi connectivity index (χ2v) is 4.99. The minimum atomic E-state index is 0.130. The molecule has 0 aliphatic carbocycles. The van der Waals surface area contributed by atoms with Crippen molar-refractivity contribution < 1.29 is 4.79 Å². The van der Waals surface area contributed by atoms with Crippen molar-refractivity contribution >= 4 is 5.91 Å². The predicted molar refractivity (Wildman–Crippen MR) is 59.4 cm³/mol. The lowest BCUT2D eigenvalue weighted by molar-refractivity contribution is -0.131. The van der Waals surface area contributed by atoms with E-state index >= 15 is 0 Å². The van der Waals surface area contributed by atoms with Crippen LogP contribution in [0, 0.1) is 5.92 Å². The number of carbonyl (C=O) groups excluding carboxylic acids is 1. The van der Waals surface area contributed by atoms with Gasteiger partial charge in [-0.15, -0.1) is 0 Å². The third-order valence-corrected chi connectivity index (χ3v) is 3.84. The molecule has 0 aromatic carbocycles. The Bertz CT molecular complexity index is 256. The van der Waals surface area contributed by atoms with Crippen LogP contribution in [0.3, 0.4) is 0 Å². The summed E-state index contributed by atoms with van der Waals surface area (Å²) in [5.74, 6) is 0.801. The second kappa shape index (κ2) is 4.10. The molecule has 3 atom stereocenters. The number of likely N-dealkylation sites (tertiary alicyclic amines) is 2. The molecule has 0 saturated carbocycles. The van der Waals surface area contributed by atoms with Gasteiger partial charge in [-0.05, 0) is 18.8 Å². The molecule has 2 aliphatic rings. The zero-order valence-corrected chi connectivity index (χ0v) is 9.65. The number of carbonyl (C=O) groups is 1. The van der Waals surface area contributed by atoms with E-state index in [0.29, 0.717) is 12.0 Å². The van der Waals surface area contributed by atoms with E-state index < -0.39 is 0 Å². The van der Waals surface area contributed by atoms with Crippen molar-refractivity contribution in [2.45, 2.75) is 31.8 Å². The molecule has 15 heavy (non-hydrogen) atoms. The SMILES string of the molecule is CC1CN(C2CCN(C)C2=O)CCC1N. The van der Waals surface area contributed by atoms with E-state index in [4.69, 9.17) is 5.73 Å². The largest absolute Gasteiger partial charge is 0.344 e. The van der Waals surface area contributed by atoms with Gasteiger partial charge in [-0.3, -0.25) is 9.69 Å². The summed E-state index contributed by atoms with van der Waals surface area (Å²) in [5, 5.41) is 0. The summed E-state index contributed by atoms with van der Waals surface area (Å²) in [6.45, 7) is 5.04. The molecule has 3 unspecified atom stereocenters. The minimum Gasteiger partial charge on any atom is -0.344 e. The first-order valence-corrected chi connectivity index (χ1v) is 5.84. The Balaban J connectivity index is 1.97. The summed E-state index contributed by atoms with van der Waals surface area (Å²) >= 11 is 0. The van der Waals surface area contributed by atoms with Crippen LogP contribution in [0.2, 0.25) is 0 Å². The summed E-state index contributed by atoms with van der Waals surface area (Å²) in [6, 6.07) is 0.445. The fourth-order valence-corrected chi connectivity index (χ4v) is 2.62. The number of likely N-dealkylation sites (N-methyl/N-ethyl adjacent to an activating group) is 1. The highest BCUT2D eigenvalue weighted by Crippen LogP contribution is 2.22. The van der Waals surface area contributed by atoms with Crippen LogP contribution in [0.25, 0.3) is 0 Å². The first-order valence-electron chi connectivity index (χ1n) is 5.84. The van der Waals surface area contributed by atoms with E-state index in [1.807, 2.05) is 11.9 Å². The van der Waals surface area contributed by atoms with Crippen molar-refractivity contribution in [2.24, 2.45) is 11.7 Å². The van der Waals surface area contributed by atoms with Gasteiger partial charge in [0.15, 0.2) is 0 Å². The van der Waals surface area contributed by atoms with Gasteiger partial charge in [-0.1, -0.05) is 6.92 Å². The molecule has 0 bridgehead atoms. The molecular formula is C11H21N3O. The number of rotatable bonds is 1. The van der Waals surface area contributed by atoms with Gasteiger partial charge in [0, 0.05) is 32.7 Å². The third-order valence-electron chi connectivity index (χ3n) is 3.84. The van der Waals surface area contributed by atoms with E-state index in [-0.39, 0.29) is 11.9 Å². The Kier molecular flexibility index (Phi) is 2.98. The highest BCUT2D eigenvalue weighted by atomic mass is 16.2. The Morgan fingerprint density at radius 1 is 1.33 bits per heavy atom. The minimum absolute atomic E-state index is 0.130. The zero-order chi connectivity index (χ0) is 11.0. The molecule has 4 heteroatoms. The molecule has 2 heterocycles. The molecule has 86 valence electrons. The second-order valence-electron chi connectivity index (χ2n) is 4.99. The monoisotopic (exact) mass is 211 g/mol. The van der Waals surface area contributed by atoms with Crippen LogP contribution >= 0.6 is 0 Å². The number of nitrogens with two attached hydrogens (primary N) is 1. The van der Waals surface area contributed by atoms with E-state index in [9.17, 15) is 4.79 Å². The number of hydrogen-bond acceptors (Lipinski definition) is 3. The molecule has 1 amide bonds. The number of nitrogens with zero attached hydrogens (tertiary/aromatic N) is 2. The van der Waals surface area contributed by atoms with Crippen LogP contribution in [0.15, 0.2) is 0 Å². The molecule has 2 N–H and O–H groups in total. The summed E-state index contributed by atoms with van der Waals surface area (Å²) in [4.78, 5) is 16.0. The lowest BCUT2D eigenvalue weighted by Crippen LogP contribution is -2.51. The maximum absolute atomic E-state index is 11.8. The van der Waals surface area contributed by atoms with Crippen LogP contribution in [0.1, 0.15) is 19.8 Å². The van der Waals surface area contributed by atoms with Crippen molar-refractivity contribution in [3.05, 3.63) is 0 Å². The van der Waals surface area contributed by atoms with Crippen LogP contribution in [-0.2, 0) is 4.79 Å². The first-order chi connectivity index (χ1) is 7.09. The normalized spacial score (nSPS) is 38.7. The molecule has 4 nitrogen and oxygen atoms in total. The third kappa shape index (κ3) is 2.01. The van der Waals surface area contributed by atoms with Crippen LogP contribution in [-0.4, -0.2) is 54.5 Å². The Hall–Kier alpha value is -0.610. The fraction of sp³-hybridized carbons (Fsp3) is 0.909. The number of amides is 1. The smallest absolute Gasteiger partial charge is 0.239 e. The predicted octanol–water partition coefficient (Wildman–Crippen LogP) is -0.114. The lowest BCUT2D eigenvalue weighted by atomic mass is 9.93. The van der Waals surface area contributed by atoms with Crippen LogP contribution in [0.5, 0.6) is 0 Å². The van der Waals surface area contributed by atoms with Gasteiger partial charge < -0.3 is 10.6 Å². The highest BCUT2D eigenvalue weighted by molar-refractivity contribution is 5.83. The molecule has 0 spiro atoms. The summed E-state index contributed by atoms with van der Waals surface area (Å²) in [6.07, 6.45) is 2.01. The van der Waals surface area contributed by atoms with E-state index in [1.165, 1.54) is 0 Å². The molecular weight excluding hydrogens is 190 g/mol. The average molecular weight is 211 g/mol. The molecule has 2 aliphatic heterocycles. The summed E-state index contributed by atoms with van der Waals surface area (Å²) < 4.78 is 0. The van der Waals surface area contributed by atoms with Crippen molar-refractivity contribution in [1.29, 1.82) is 0 Å². The Labute approximate surface area is 91.4 Å². The molecule has 0 aromatic heterocycles. The maximum Gasteiger partial charge on any atom is 0.239 e. The zero-order valence-electron chi connectivity index (χ0n) is 9.65. The van der Waals surface area contributed by atoms with Crippen LogP contribution < -0.4 is 5.73 Å². The van der Waals surface area contributed by atoms with E-state index in [1.54, 1.807) is 0 Å². The molecule has 2 rings (SSSR count). The topological polar surface area (TPSA) is 49.6 Å². The molecule has 2 saturated heterocycles. The Morgan fingerprint density at radius 3 is 2.60 bits per heavy atom. The van der Waals surface area contributed by atoms with Gasteiger partial charge >= 0.3 is 0 Å². The van der Waals surface area contributed by atoms with E-state index in [2.05, 4.69) is 11.8 Å². The lowest BCUT2D eigenvalue weighted by Gasteiger charge is -2.37. The van der Waals surface area contributed by atoms with E-state index in [0.717, 1.165) is 32.5 Å². The van der Waals surface area contributed by atoms with Gasteiger partial charge in [-0.2, -0.15) is 0 Å². The Morgan fingerprint density at radius 2 is 2.07 bits per heavy atom.